The van der Waals surface area contributed by atoms with Gasteiger partial charge in [0.15, 0.2) is 5.41 Å². The first-order chi connectivity index (χ1) is 16.7. The maximum absolute atomic E-state index is 13.5. The van der Waals surface area contributed by atoms with Crippen molar-refractivity contribution in [3.63, 3.8) is 0 Å². The van der Waals surface area contributed by atoms with Crippen molar-refractivity contribution < 1.29 is 33.7 Å². The summed E-state index contributed by atoms with van der Waals surface area (Å²) in [5, 5.41) is 10.4. The van der Waals surface area contributed by atoms with Crippen LogP contribution in [0.4, 0.5) is 0 Å². The van der Waals surface area contributed by atoms with Gasteiger partial charge >= 0.3 is 17.9 Å². The predicted molar refractivity (Wildman–Crippen MR) is 142 cm³/mol. The molecule has 7 nitrogen and oxygen atoms in total. The quantitative estimate of drug-likeness (QED) is 0.0943. The van der Waals surface area contributed by atoms with Gasteiger partial charge in [0.1, 0.15) is 11.2 Å². The molecule has 0 aromatic rings. The predicted octanol–water partition coefficient (Wildman–Crippen LogP) is 6.67. The Morgan fingerprint density at radius 3 is 1.69 bits per heavy atom. The van der Waals surface area contributed by atoms with Gasteiger partial charge in [0, 0.05) is 6.42 Å². The Morgan fingerprint density at radius 2 is 1.19 bits per heavy atom. The van der Waals surface area contributed by atoms with Crippen LogP contribution in [-0.4, -0.2) is 46.9 Å². The fourth-order valence-electron chi connectivity index (χ4n) is 4.06. The molecule has 1 atom stereocenters. The van der Waals surface area contributed by atoms with Crippen molar-refractivity contribution in [2.75, 3.05) is 6.61 Å². The third-order valence-electron chi connectivity index (χ3n) is 5.90. The first-order valence-corrected chi connectivity index (χ1v) is 14.0. The smallest absolute Gasteiger partial charge is 0.324 e. The molecule has 0 radical (unpaired) electrons. The van der Waals surface area contributed by atoms with Gasteiger partial charge in [-0.05, 0) is 87.0 Å². The summed E-state index contributed by atoms with van der Waals surface area (Å²) in [7, 11) is 0. The van der Waals surface area contributed by atoms with Crippen LogP contribution in [0.25, 0.3) is 0 Å². The lowest BCUT2D eigenvalue weighted by atomic mass is 9.77. The number of aliphatic hydroxyl groups excluding tert-OH is 1. The molecular formula is C29H54O7. The average Bonchev–Trinajstić information content (AvgIpc) is 2.72. The second-order valence-electron chi connectivity index (χ2n) is 11.8. The highest BCUT2D eigenvalue weighted by molar-refractivity contribution is 6.00. The van der Waals surface area contributed by atoms with Crippen molar-refractivity contribution in [2.45, 2.75) is 156 Å². The van der Waals surface area contributed by atoms with Gasteiger partial charge in [-0.15, -0.1) is 0 Å². The molecule has 0 aliphatic rings. The van der Waals surface area contributed by atoms with Crippen LogP contribution in [0.5, 0.6) is 0 Å². The Balaban J connectivity index is 5.50. The number of hydrogen-bond donors (Lipinski definition) is 1. The minimum absolute atomic E-state index is 0.202. The summed E-state index contributed by atoms with van der Waals surface area (Å²) < 4.78 is 16.5. The highest BCUT2D eigenvalue weighted by Crippen LogP contribution is 2.38. The number of rotatable bonds is 18. The number of unbranched alkanes of at least 4 members (excludes halogenated alkanes) is 5. The van der Waals surface area contributed by atoms with Gasteiger partial charge < -0.3 is 19.3 Å². The van der Waals surface area contributed by atoms with E-state index in [-0.39, 0.29) is 12.4 Å². The van der Waals surface area contributed by atoms with Crippen LogP contribution < -0.4 is 0 Å². The molecule has 0 aromatic carbocycles. The Bertz CT molecular complexity index is 615. The number of carbonyl (C=O) groups excluding carboxylic acids is 3. The Hall–Kier alpha value is -1.63. The number of ether oxygens (including phenoxy) is 3. The lowest BCUT2D eigenvalue weighted by molar-refractivity contribution is -0.187. The zero-order valence-corrected chi connectivity index (χ0v) is 24.4. The SMILES string of the molecule is CCCCC[C@H](O)CCCC(CCCCCCC(=O)OCC)(C(=O)OC(C)(C)C)C(=O)OC(C)(C)C. The van der Waals surface area contributed by atoms with E-state index in [0.29, 0.717) is 45.1 Å². The van der Waals surface area contributed by atoms with Gasteiger partial charge in [0.2, 0.25) is 0 Å². The fourth-order valence-corrected chi connectivity index (χ4v) is 4.06. The van der Waals surface area contributed by atoms with Gasteiger partial charge in [-0.25, -0.2) is 0 Å². The van der Waals surface area contributed by atoms with Crippen molar-refractivity contribution in [1.29, 1.82) is 0 Å². The second kappa shape index (κ2) is 17.0. The van der Waals surface area contributed by atoms with Gasteiger partial charge in [-0.2, -0.15) is 0 Å². The second-order valence-corrected chi connectivity index (χ2v) is 11.8. The van der Waals surface area contributed by atoms with E-state index in [1.807, 2.05) is 0 Å². The van der Waals surface area contributed by atoms with Gasteiger partial charge in [0.05, 0.1) is 12.7 Å². The van der Waals surface area contributed by atoms with Crippen LogP contribution in [0.3, 0.4) is 0 Å². The third-order valence-corrected chi connectivity index (χ3v) is 5.90. The molecule has 0 aliphatic heterocycles. The van der Waals surface area contributed by atoms with E-state index >= 15 is 0 Å². The van der Waals surface area contributed by atoms with E-state index in [1.54, 1.807) is 48.5 Å². The topological polar surface area (TPSA) is 99.1 Å². The first kappa shape index (κ1) is 34.4. The van der Waals surface area contributed by atoms with E-state index in [4.69, 9.17) is 14.2 Å². The highest BCUT2D eigenvalue weighted by Gasteiger charge is 2.50. The van der Waals surface area contributed by atoms with Crippen LogP contribution in [-0.2, 0) is 28.6 Å². The molecule has 36 heavy (non-hydrogen) atoms. The van der Waals surface area contributed by atoms with Crippen molar-refractivity contribution in [2.24, 2.45) is 5.41 Å². The molecule has 0 spiro atoms. The van der Waals surface area contributed by atoms with Crippen molar-refractivity contribution in [3.8, 4) is 0 Å². The molecule has 0 saturated carbocycles. The van der Waals surface area contributed by atoms with E-state index in [9.17, 15) is 19.5 Å². The molecule has 0 saturated heterocycles. The van der Waals surface area contributed by atoms with Crippen LogP contribution in [0.2, 0.25) is 0 Å². The molecule has 0 rings (SSSR count). The average molecular weight is 515 g/mol. The standard InChI is InChI=1S/C29H54O7/c1-9-11-14-18-23(30)19-17-22-29(25(32)35-27(3,4)5,26(33)36-28(6,7)8)21-16-13-12-15-20-24(31)34-10-2/h23,30H,9-22H2,1-8H3/t23-/m0/s1. The van der Waals surface area contributed by atoms with Gasteiger partial charge in [-0.3, -0.25) is 14.4 Å². The summed E-state index contributed by atoms with van der Waals surface area (Å²) in [5.41, 5.74) is -2.92. The summed E-state index contributed by atoms with van der Waals surface area (Å²) in [5.74, 6) is -1.32. The van der Waals surface area contributed by atoms with Crippen LogP contribution >= 0.6 is 0 Å². The lowest BCUT2D eigenvalue weighted by Gasteiger charge is -2.35. The van der Waals surface area contributed by atoms with Gasteiger partial charge in [0.25, 0.3) is 0 Å². The van der Waals surface area contributed by atoms with Crippen LogP contribution in [0.1, 0.15) is 139 Å². The molecule has 0 aliphatic carbocycles. The lowest BCUT2D eigenvalue weighted by Crippen LogP contribution is -2.47. The molecule has 0 bridgehead atoms. The Labute approximate surface area is 220 Å². The molecule has 0 fully saturated rings. The minimum Gasteiger partial charge on any atom is -0.466 e. The third kappa shape index (κ3) is 15.5. The first-order valence-electron chi connectivity index (χ1n) is 14.0. The Kier molecular flexibility index (Phi) is 16.2. The van der Waals surface area contributed by atoms with E-state index in [1.165, 1.54) is 0 Å². The summed E-state index contributed by atoms with van der Waals surface area (Å²) in [6, 6.07) is 0. The zero-order valence-electron chi connectivity index (χ0n) is 24.4. The molecule has 0 aromatic heterocycles. The summed E-state index contributed by atoms with van der Waals surface area (Å²) in [6.07, 6.45) is 8.29. The zero-order chi connectivity index (χ0) is 27.8. The van der Waals surface area contributed by atoms with Crippen LogP contribution in [0, 0.1) is 5.41 Å². The molecule has 212 valence electrons. The largest absolute Gasteiger partial charge is 0.466 e. The van der Waals surface area contributed by atoms with E-state index < -0.39 is 34.7 Å². The number of aliphatic hydroxyl groups is 1. The number of carbonyl (C=O) groups is 3. The number of hydrogen-bond acceptors (Lipinski definition) is 7. The summed E-state index contributed by atoms with van der Waals surface area (Å²) in [4.78, 5) is 38.6. The monoisotopic (exact) mass is 514 g/mol. The molecule has 1 N–H and O–H groups in total. The molecule has 0 amide bonds. The number of esters is 3. The van der Waals surface area contributed by atoms with Crippen molar-refractivity contribution in [1.82, 2.24) is 0 Å². The molecular weight excluding hydrogens is 460 g/mol. The molecule has 0 unspecified atom stereocenters. The minimum atomic E-state index is -1.43. The van der Waals surface area contributed by atoms with Gasteiger partial charge in [-0.1, -0.05) is 45.4 Å². The van der Waals surface area contributed by atoms with Crippen molar-refractivity contribution >= 4 is 17.9 Å². The molecule has 7 heteroatoms. The normalized spacial score (nSPS) is 13.2. The van der Waals surface area contributed by atoms with Crippen LogP contribution in [0.15, 0.2) is 0 Å². The van der Waals surface area contributed by atoms with Crippen molar-refractivity contribution in [3.05, 3.63) is 0 Å². The fraction of sp³-hybridized carbons (Fsp3) is 0.897. The van der Waals surface area contributed by atoms with E-state index in [2.05, 4.69) is 6.92 Å². The summed E-state index contributed by atoms with van der Waals surface area (Å²) in [6.45, 7) is 15.0. The maximum Gasteiger partial charge on any atom is 0.324 e. The van der Waals surface area contributed by atoms with E-state index in [0.717, 1.165) is 38.5 Å². The molecule has 0 heterocycles. The Morgan fingerprint density at radius 1 is 0.694 bits per heavy atom. The highest BCUT2D eigenvalue weighted by atomic mass is 16.6. The summed E-state index contributed by atoms with van der Waals surface area (Å²) >= 11 is 0. The maximum atomic E-state index is 13.5.